The molecule has 0 saturated heterocycles. The molecular weight excluding hydrogens is 318 g/mol. The summed E-state index contributed by atoms with van der Waals surface area (Å²) in [7, 11) is 0. The molecule has 122 valence electrons. The summed E-state index contributed by atoms with van der Waals surface area (Å²) in [6.45, 7) is 0. The maximum Gasteiger partial charge on any atom is 0.337 e. The second-order valence-electron chi connectivity index (χ2n) is 5.81. The van der Waals surface area contributed by atoms with Crippen molar-refractivity contribution in [1.82, 2.24) is 9.97 Å². The molecule has 0 aliphatic heterocycles. The second-order valence-corrected chi connectivity index (χ2v) is 5.81. The van der Waals surface area contributed by atoms with Gasteiger partial charge in [0.1, 0.15) is 5.39 Å². The predicted molar refractivity (Wildman–Crippen MR) is 82.4 cm³/mol. The van der Waals surface area contributed by atoms with E-state index < -0.39 is 23.4 Å². The highest BCUT2D eigenvalue weighted by atomic mass is 19.3. The number of hydrogen-bond acceptors (Lipinski definition) is 4. The van der Waals surface area contributed by atoms with Gasteiger partial charge in [0.15, 0.2) is 5.82 Å². The Morgan fingerprint density at radius 3 is 2.62 bits per heavy atom. The minimum atomic E-state index is -2.95. The Hall–Kier alpha value is -2.83. The van der Waals surface area contributed by atoms with Crippen LogP contribution in [-0.2, 0) is 0 Å². The van der Waals surface area contributed by atoms with Crippen LogP contribution in [0.15, 0.2) is 50.4 Å². The topological polar surface area (TPSA) is 76.0 Å². The SMILES string of the molecule is O=c1cc(C2CC2c2ccccc2)c2c(=O)[nH]c(C(F)F)nc2o1. The molecule has 0 bridgehead atoms. The first kappa shape index (κ1) is 14.7. The van der Waals surface area contributed by atoms with E-state index in [1.807, 2.05) is 30.3 Å². The lowest BCUT2D eigenvalue weighted by Crippen LogP contribution is -2.16. The molecule has 7 heteroatoms. The lowest BCUT2D eigenvalue weighted by Gasteiger charge is -2.06. The van der Waals surface area contributed by atoms with Crippen LogP contribution in [-0.4, -0.2) is 9.97 Å². The maximum absolute atomic E-state index is 12.8. The summed E-state index contributed by atoms with van der Waals surface area (Å²) >= 11 is 0. The molecule has 0 spiro atoms. The number of fused-ring (bicyclic) bond motifs is 1. The molecule has 2 heterocycles. The summed E-state index contributed by atoms with van der Waals surface area (Å²) in [5.41, 5.74) is -0.139. The van der Waals surface area contributed by atoms with E-state index in [1.54, 1.807) is 0 Å². The van der Waals surface area contributed by atoms with Gasteiger partial charge in [-0.25, -0.2) is 13.6 Å². The van der Waals surface area contributed by atoms with E-state index in [9.17, 15) is 18.4 Å². The van der Waals surface area contributed by atoms with E-state index in [1.165, 1.54) is 6.07 Å². The van der Waals surface area contributed by atoms with Gasteiger partial charge in [0.05, 0.1) is 0 Å². The molecule has 1 fully saturated rings. The van der Waals surface area contributed by atoms with Crippen LogP contribution < -0.4 is 11.2 Å². The van der Waals surface area contributed by atoms with Crippen LogP contribution in [0.4, 0.5) is 8.78 Å². The molecule has 5 nitrogen and oxygen atoms in total. The first-order valence-electron chi connectivity index (χ1n) is 7.45. The number of aromatic amines is 1. The smallest absolute Gasteiger partial charge is 0.337 e. The van der Waals surface area contributed by atoms with E-state index in [4.69, 9.17) is 4.42 Å². The average Bonchev–Trinajstić information content (AvgIpc) is 3.35. The molecule has 2 atom stereocenters. The van der Waals surface area contributed by atoms with Gasteiger partial charge in [-0.2, -0.15) is 4.98 Å². The van der Waals surface area contributed by atoms with Crippen molar-refractivity contribution < 1.29 is 13.2 Å². The Bertz CT molecular complexity index is 1030. The number of nitrogens with one attached hydrogen (secondary N) is 1. The van der Waals surface area contributed by atoms with Crippen LogP contribution in [0.1, 0.15) is 41.6 Å². The molecule has 2 unspecified atom stereocenters. The number of hydrogen-bond donors (Lipinski definition) is 1. The number of aromatic nitrogens is 2. The van der Waals surface area contributed by atoms with E-state index in [0.29, 0.717) is 5.56 Å². The Labute approximate surface area is 134 Å². The third-order valence-corrected chi connectivity index (χ3v) is 4.29. The monoisotopic (exact) mass is 330 g/mol. The third kappa shape index (κ3) is 2.42. The quantitative estimate of drug-likeness (QED) is 0.801. The van der Waals surface area contributed by atoms with Gasteiger partial charge < -0.3 is 9.40 Å². The van der Waals surface area contributed by atoms with E-state index in [-0.39, 0.29) is 22.9 Å². The number of alkyl halides is 2. The van der Waals surface area contributed by atoms with Crippen molar-refractivity contribution >= 4 is 11.1 Å². The van der Waals surface area contributed by atoms with Crippen molar-refractivity contribution in [2.45, 2.75) is 24.7 Å². The standard InChI is InChI=1S/C17H12F2N2O3/c18-14(19)15-20-16(23)13-11(7-12(22)24-17(13)21-15)10-6-9(10)8-4-2-1-3-5-8/h1-5,7,9-10,14H,6H2,(H,20,21,23). The van der Waals surface area contributed by atoms with Crippen molar-refractivity contribution in [2.24, 2.45) is 0 Å². The zero-order valence-corrected chi connectivity index (χ0v) is 12.3. The van der Waals surface area contributed by atoms with Gasteiger partial charge in [-0.05, 0) is 29.4 Å². The summed E-state index contributed by atoms with van der Waals surface area (Å²) in [6, 6.07) is 11.0. The van der Waals surface area contributed by atoms with Gasteiger partial charge >= 0.3 is 5.63 Å². The Morgan fingerprint density at radius 2 is 1.92 bits per heavy atom. The minimum Gasteiger partial charge on any atom is -0.403 e. The fraction of sp³-hybridized carbons (Fsp3) is 0.235. The van der Waals surface area contributed by atoms with Crippen LogP contribution in [0.2, 0.25) is 0 Å². The second kappa shape index (κ2) is 5.36. The highest BCUT2D eigenvalue weighted by Crippen LogP contribution is 2.55. The number of halogens is 2. The normalized spacial score (nSPS) is 19.8. The Morgan fingerprint density at radius 1 is 1.17 bits per heavy atom. The Kier molecular flexibility index (Phi) is 3.30. The molecule has 4 rings (SSSR count). The zero-order valence-electron chi connectivity index (χ0n) is 12.3. The van der Waals surface area contributed by atoms with Gasteiger partial charge in [0, 0.05) is 6.07 Å². The molecule has 24 heavy (non-hydrogen) atoms. The summed E-state index contributed by atoms with van der Waals surface area (Å²) in [5.74, 6) is -0.645. The van der Waals surface area contributed by atoms with E-state index >= 15 is 0 Å². The van der Waals surface area contributed by atoms with Crippen molar-refractivity contribution in [3.05, 3.63) is 74.1 Å². The molecular formula is C17H12F2N2O3. The summed E-state index contributed by atoms with van der Waals surface area (Å²) < 4.78 is 30.4. The van der Waals surface area contributed by atoms with Crippen molar-refractivity contribution in [2.75, 3.05) is 0 Å². The van der Waals surface area contributed by atoms with Crippen molar-refractivity contribution in [3.63, 3.8) is 0 Å². The third-order valence-electron chi connectivity index (χ3n) is 4.29. The molecule has 1 aliphatic carbocycles. The molecule has 1 aliphatic rings. The fourth-order valence-corrected chi connectivity index (χ4v) is 3.12. The first-order valence-corrected chi connectivity index (χ1v) is 7.45. The molecule has 1 aromatic carbocycles. The van der Waals surface area contributed by atoms with Gasteiger partial charge in [0.25, 0.3) is 12.0 Å². The number of benzene rings is 1. The Balaban J connectivity index is 1.85. The van der Waals surface area contributed by atoms with Gasteiger partial charge in [-0.3, -0.25) is 4.79 Å². The summed E-state index contributed by atoms with van der Waals surface area (Å²) in [6.07, 6.45) is -2.17. The molecule has 1 N–H and O–H groups in total. The van der Waals surface area contributed by atoms with Crippen molar-refractivity contribution in [1.29, 1.82) is 0 Å². The van der Waals surface area contributed by atoms with Crippen LogP contribution in [0.5, 0.6) is 0 Å². The van der Waals surface area contributed by atoms with Crippen molar-refractivity contribution in [3.8, 4) is 0 Å². The summed E-state index contributed by atoms with van der Waals surface area (Å²) in [5, 5.41) is 0.0717. The maximum atomic E-state index is 12.8. The largest absolute Gasteiger partial charge is 0.403 e. The zero-order chi connectivity index (χ0) is 16.8. The van der Waals surface area contributed by atoms with Crippen LogP contribution >= 0.6 is 0 Å². The van der Waals surface area contributed by atoms with Crippen LogP contribution in [0.3, 0.4) is 0 Å². The highest BCUT2D eigenvalue weighted by Gasteiger charge is 2.41. The van der Waals surface area contributed by atoms with Gasteiger partial charge in [0.2, 0.25) is 5.71 Å². The molecule has 0 amide bonds. The molecule has 1 saturated carbocycles. The molecule has 0 radical (unpaired) electrons. The fourth-order valence-electron chi connectivity index (χ4n) is 3.12. The number of H-pyrrole nitrogens is 1. The predicted octanol–water partition coefficient (Wildman–Crippen LogP) is 3.09. The van der Waals surface area contributed by atoms with Gasteiger partial charge in [-0.1, -0.05) is 30.3 Å². The lowest BCUT2D eigenvalue weighted by atomic mass is 10.0. The van der Waals surface area contributed by atoms with E-state index in [2.05, 4.69) is 9.97 Å². The number of rotatable bonds is 3. The molecule has 3 aromatic rings. The number of nitrogens with zero attached hydrogens (tertiary/aromatic N) is 1. The minimum absolute atomic E-state index is 0.0284. The van der Waals surface area contributed by atoms with E-state index in [0.717, 1.165) is 12.0 Å². The van der Waals surface area contributed by atoms with Crippen LogP contribution in [0.25, 0.3) is 11.1 Å². The first-order chi connectivity index (χ1) is 11.5. The van der Waals surface area contributed by atoms with Crippen LogP contribution in [0, 0.1) is 0 Å². The van der Waals surface area contributed by atoms with Gasteiger partial charge in [-0.15, -0.1) is 0 Å². The summed E-state index contributed by atoms with van der Waals surface area (Å²) in [4.78, 5) is 29.6. The average molecular weight is 330 g/mol. The molecule has 2 aromatic heterocycles. The lowest BCUT2D eigenvalue weighted by molar-refractivity contribution is 0.140. The highest BCUT2D eigenvalue weighted by molar-refractivity contribution is 5.77.